The smallest absolute Gasteiger partial charge is 0.478 e. The lowest BCUT2D eigenvalue weighted by Crippen LogP contribution is -2.17. The Morgan fingerprint density at radius 3 is 2.68 bits per heavy atom. The lowest BCUT2D eigenvalue weighted by atomic mass is 10.1. The van der Waals surface area contributed by atoms with E-state index in [2.05, 4.69) is 4.74 Å². The molecule has 0 fully saturated rings. The fourth-order valence-electron chi connectivity index (χ4n) is 3.07. The summed E-state index contributed by atoms with van der Waals surface area (Å²) in [5.74, 6) is -1.38. The fraction of sp³-hybridized carbons (Fsp3) is 0.150. The maximum atomic E-state index is 12.5. The molecule has 0 bridgehead atoms. The normalized spacial score (nSPS) is 12.0. The summed E-state index contributed by atoms with van der Waals surface area (Å²) in [7, 11) is 0. The van der Waals surface area contributed by atoms with Crippen LogP contribution in [0.15, 0.2) is 48.5 Å². The minimum absolute atomic E-state index is 0.263. The Morgan fingerprint density at radius 1 is 1.25 bits per heavy atom. The highest BCUT2D eigenvalue weighted by Gasteiger charge is 2.31. The first-order valence-corrected chi connectivity index (χ1v) is 8.56. The molecule has 0 saturated heterocycles. The van der Waals surface area contributed by atoms with Crippen LogP contribution < -0.4 is 4.74 Å². The molecule has 3 aromatic rings. The van der Waals surface area contributed by atoms with Crippen LogP contribution in [0.25, 0.3) is 17.0 Å². The van der Waals surface area contributed by atoms with Gasteiger partial charge in [-0.3, -0.25) is 0 Å². The molecule has 2 aromatic carbocycles. The van der Waals surface area contributed by atoms with Crippen LogP contribution in [0.2, 0.25) is 5.02 Å². The van der Waals surface area contributed by atoms with Crippen molar-refractivity contribution in [3.8, 4) is 5.75 Å². The number of rotatable bonds is 5. The van der Waals surface area contributed by atoms with Crippen LogP contribution >= 0.6 is 11.6 Å². The van der Waals surface area contributed by atoms with Crippen LogP contribution in [0.1, 0.15) is 16.8 Å². The van der Waals surface area contributed by atoms with Crippen LogP contribution in [0.4, 0.5) is 13.2 Å². The molecule has 0 aliphatic carbocycles. The number of carbonyl (C=O) groups is 1. The van der Waals surface area contributed by atoms with Crippen molar-refractivity contribution in [1.82, 2.24) is 4.57 Å². The zero-order chi connectivity index (χ0) is 20.5. The van der Waals surface area contributed by atoms with Crippen molar-refractivity contribution in [2.45, 2.75) is 19.8 Å². The third-order valence-electron chi connectivity index (χ3n) is 4.20. The van der Waals surface area contributed by atoms with Gasteiger partial charge in [0.15, 0.2) is 0 Å². The standard InChI is InChI=1S/C20H15ClF3NO3/c1-12-16(7-8-19(26)27)17-6-5-14(21)10-18(17)25(12)11-13-3-2-4-15(9-13)28-20(22,23)24/h2-10H,11H2,1H3,(H,26,27). The van der Waals surface area contributed by atoms with E-state index >= 15 is 0 Å². The third-order valence-corrected chi connectivity index (χ3v) is 4.44. The Labute approximate surface area is 163 Å². The van der Waals surface area contributed by atoms with E-state index < -0.39 is 12.3 Å². The predicted octanol–water partition coefficient (Wildman–Crippen LogP) is 5.65. The molecule has 0 aliphatic rings. The Hall–Kier alpha value is -2.93. The van der Waals surface area contributed by atoms with E-state index in [1.807, 2.05) is 11.5 Å². The zero-order valence-corrected chi connectivity index (χ0v) is 15.4. The van der Waals surface area contributed by atoms with E-state index in [0.29, 0.717) is 16.1 Å². The first-order valence-electron chi connectivity index (χ1n) is 8.18. The number of fused-ring (bicyclic) bond motifs is 1. The van der Waals surface area contributed by atoms with Gasteiger partial charge in [0.1, 0.15) is 5.75 Å². The highest BCUT2D eigenvalue weighted by Crippen LogP contribution is 2.31. The van der Waals surface area contributed by atoms with E-state index in [1.54, 1.807) is 24.3 Å². The van der Waals surface area contributed by atoms with Gasteiger partial charge in [-0.25, -0.2) is 4.79 Å². The number of aromatic nitrogens is 1. The molecular weight excluding hydrogens is 395 g/mol. The van der Waals surface area contributed by atoms with Gasteiger partial charge in [-0.1, -0.05) is 29.8 Å². The summed E-state index contributed by atoms with van der Waals surface area (Å²) in [4.78, 5) is 10.9. The average Bonchev–Trinajstić information content (AvgIpc) is 2.83. The van der Waals surface area contributed by atoms with Gasteiger partial charge in [0.25, 0.3) is 0 Å². The molecule has 8 heteroatoms. The Bertz CT molecular complexity index is 1070. The Morgan fingerprint density at radius 2 is 2.00 bits per heavy atom. The van der Waals surface area contributed by atoms with Gasteiger partial charge >= 0.3 is 12.3 Å². The lowest BCUT2D eigenvalue weighted by molar-refractivity contribution is -0.274. The number of hydrogen-bond acceptors (Lipinski definition) is 2. The molecular formula is C20H15ClF3NO3. The highest BCUT2D eigenvalue weighted by atomic mass is 35.5. The highest BCUT2D eigenvalue weighted by molar-refractivity contribution is 6.31. The van der Waals surface area contributed by atoms with Crippen molar-refractivity contribution < 1.29 is 27.8 Å². The van der Waals surface area contributed by atoms with Gasteiger partial charge in [-0.2, -0.15) is 0 Å². The summed E-state index contributed by atoms with van der Waals surface area (Å²) < 4.78 is 43.3. The molecule has 0 spiro atoms. The number of carboxylic acids is 1. The van der Waals surface area contributed by atoms with Crippen LogP contribution in [0, 0.1) is 6.92 Å². The topological polar surface area (TPSA) is 51.5 Å². The number of benzene rings is 2. The van der Waals surface area contributed by atoms with Crippen LogP contribution in [-0.4, -0.2) is 22.0 Å². The van der Waals surface area contributed by atoms with Gasteiger partial charge < -0.3 is 14.4 Å². The second-order valence-corrected chi connectivity index (χ2v) is 6.55. The quantitative estimate of drug-likeness (QED) is 0.554. The van der Waals surface area contributed by atoms with Gasteiger partial charge in [0.2, 0.25) is 0 Å². The van der Waals surface area contributed by atoms with Crippen LogP contribution in [0.3, 0.4) is 0 Å². The van der Waals surface area contributed by atoms with Crippen LogP contribution in [-0.2, 0) is 11.3 Å². The molecule has 0 unspecified atom stereocenters. The number of aliphatic carboxylic acids is 1. The number of halogens is 4. The average molecular weight is 410 g/mol. The minimum Gasteiger partial charge on any atom is -0.478 e. The summed E-state index contributed by atoms with van der Waals surface area (Å²) in [6, 6.07) is 10.9. The summed E-state index contributed by atoms with van der Waals surface area (Å²) in [5, 5.41) is 10.2. The van der Waals surface area contributed by atoms with Gasteiger partial charge in [-0.05, 0) is 42.8 Å². The van der Waals surface area contributed by atoms with E-state index in [4.69, 9.17) is 16.7 Å². The summed E-state index contributed by atoms with van der Waals surface area (Å²) in [6.07, 6.45) is -2.23. The first kappa shape index (κ1) is 19.8. The second-order valence-electron chi connectivity index (χ2n) is 6.11. The van der Waals surface area contributed by atoms with Crippen molar-refractivity contribution >= 4 is 34.5 Å². The number of hydrogen-bond donors (Lipinski definition) is 1. The number of alkyl halides is 3. The SMILES string of the molecule is Cc1c(C=CC(=O)O)c2ccc(Cl)cc2n1Cc1cccc(OC(F)(F)F)c1. The van der Waals surface area contributed by atoms with Gasteiger partial charge in [0.05, 0.1) is 5.52 Å². The number of carboxylic acid groups (broad SMARTS) is 1. The maximum absolute atomic E-state index is 12.5. The molecule has 1 aromatic heterocycles. The first-order chi connectivity index (χ1) is 13.1. The van der Waals surface area contributed by atoms with E-state index in [9.17, 15) is 18.0 Å². The van der Waals surface area contributed by atoms with Crippen LogP contribution in [0.5, 0.6) is 5.75 Å². The molecule has 4 nitrogen and oxygen atoms in total. The molecule has 0 saturated carbocycles. The van der Waals surface area contributed by atoms with Gasteiger partial charge in [-0.15, -0.1) is 13.2 Å². The third kappa shape index (κ3) is 4.48. The zero-order valence-electron chi connectivity index (χ0n) is 14.6. The number of ether oxygens (including phenoxy) is 1. The second kappa shape index (κ2) is 7.59. The fourth-order valence-corrected chi connectivity index (χ4v) is 3.24. The Balaban J connectivity index is 2.06. The molecule has 1 N–H and O–H groups in total. The van der Waals surface area contributed by atoms with E-state index in [0.717, 1.165) is 22.7 Å². The van der Waals surface area contributed by atoms with Crippen molar-refractivity contribution in [2.24, 2.45) is 0 Å². The van der Waals surface area contributed by atoms with E-state index in [-0.39, 0.29) is 12.3 Å². The summed E-state index contributed by atoms with van der Waals surface area (Å²) in [6.45, 7) is 2.07. The molecule has 1 heterocycles. The van der Waals surface area contributed by atoms with Crippen molar-refractivity contribution in [1.29, 1.82) is 0 Å². The summed E-state index contributed by atoms with van der Waals surface area (Å²) >= 11 is 6.11. The maximum Gasteiger partial charge on any atom is 0.573 e. The molecule has 0 radical (unpaired) electrons. The molecule has 3 rings (SSSR count). The van der Waals surface area contributed by atoms with Crippen molar-refractivity contribution in [2.75, 3.05) is 0 Å². The Kier molecular flexibility index (Phi) is 5.38. The molecule has 146 valence electrons. The monoisotopic (exact) mass is 409 g/mol. The summed E-state index contributed by atoms with van der Waals surface area (Å²) in [5.41, 5.74) is 2.81. The van der Waals surface area contributed by atoms with Crippen molar-refractivity contribution in [3.63, 3.8) is 0 Å². The minimum atomic E-state index is -4.77. The molecule has 0 aliphatic heterocycles. The number of nitrogens with zero attached hydrogens (tertiary/aromatic N) is 1. The lowest BCUT2D eigenvalue weighted by Gasteiger charge is -2.12. The van der Waals surface area contributed by atoms with Gasteiger partial charge in [0, 0.05) is 34.3 Å². The largest absolute Gasteiger partial charge is 0.573 e. The predicted molar refractivity (Wildman–Crippen MR) is 101 cm³/mol. The molecule has 28 heavy (non-hydrogen) atoms. The molecule has 0 atom stereocenters. The van der Waals surface area contributed by atoms with E-state index in [1.165, 1.54) is 24.3 Å². The van der Waals surface area contributed by atoms with Crippen molar-refractivity contribution in [3.05, 3.63) is 70.4 Å². The molecule has 0 amide bonds.